The van der Waals surface area contributed by atoms with Crippen molar-refractivity contribution in [1.82, 2.24) is 10.5 Å². The zero-order chi connectivity index (χ0) is 18.4. The van der Waals surface area contributed by atoms with Crippen LogP contribution in [-0.2, 0) is 22.6 Å². The summed E-state index contributed by atoms with van der Waals surface area (Å²) in [4.78, 5) is 12.4. The number of methoxy groups -OCH3 is 1. The number of phenols is 1. The van der Waals surface area contributed by atoms with Gasteiger partial charge < -0.3 is 25.0 Å². The molecule has 0 radical (unpaired) electrons. The van der Waals surface area contributed by atoms with E-state index in [-0.39, 0.29) is 17.6 Å². The fourth-order valence-corrected chi connectivity index (χ4v) is 3.45. The van der Waals surface area contributed by atoms with E-state index >= 15 is 0 Å². The molecule has 1 fully saturated rings. The summed E-state index contributed by atoms with van der Waals surface area (Å²) in [5.74, 6) is 1.41. The fraction of sp³-hybridized carbons (Fsp3) is 0.474. The predicted molar refractivity (Wildman–Crippen MR) is 96.7 cm³/mol. The van der Waals surface area contributed by atoms with E-state index in [2.05, 4.69) is 15.8 Å². The molecule has 1 aliphatic rings. The van der Waals surface area contributed by atoms with Crippen LogP contribution in [0.1, 0.15) is 24.3 Å². The number of benzene rings is 1. The Hall–Kier alpha value is -2.38. The normalized spacial score (nSPS) is 20.0. The Bertz CT molecular complexity index is 731. The minimum Gasteiger partial charge on any atom is -0.508 e. The van der Waals surface area contributed by atoms with Crippen LogP contribution in [-0.4, -0.2) is 36.4 Å². The van der Waals surface area contributed by atoms with Gasteiger partial charge in [0.25, 0.3) is 0 Å². The van der Waals surface area contributed by atoms with Gasteiger partial charge in [0.15, 0.2) is 5.76 Å². The second-order valence-electron chi connectivity index (χ2n) is 6.74. The Balaban J connectivity index is 1.58. The van der Waals surface area contributed by atoms with Crippen molar-refractivity contribution in [3.8, 4) is 5.75 Å². The predicted octanol–water partition coefficient (Wildman–Crippen LogP) is 2.32. The molecule has 3 N–H and O–H groups in total. The van der Waals surface area contributed by atoms with Gasteiger partial charge in [0.2, 0.25) is 5.91 Å². The van der Waals surface area contributed by atoms with Crippen molar-refractivity contribution in [2.75, 3.05) is 25.5 Å². The fourth-order valence-electron chi connectivity index (χ4n) is 3.45. The van der Waals surface area contributed by atoms with Gasteiger partial charge in [-0.1, -0.05) is 11.2 Å². The first kappa shape index (κ1) is 18.4. The van der Waals surface area contributed by atoms with Gasteiger partial charge in [0, 0.05) is 31.4 Å². The first-order chi connectivity index (χ1) is 12.6. The van der Waals surface area contributed by atoms with Crippen molar-refractivity contribution < 1.29 is 19.2 Å². The minimum atomic E-state index is -0.0345. The molecule has 1 aliphatic heterocycles. The highest BCUT2D eigenvalue weighted by Crippen LogP contribution is 2.27. The lowest BCUT2D eigenvalue weighted by molar-refractivity contribution is -0.117. The first-order valence-corrected chi connectivity index (χ1v) is 8.87. The number of nitrogens with one attached hydrogen (secondary N) is 2. The number of carbonyl (C=O) groups excluding carboxylic acids is 1. The number of ether oxygens (including phenoxy) is 1. The van der Waals surface area contributed by atoms with Crippen LogP contribution < -0.4 is 10.6 Å². The van der Waals surface area contributed by atoms with E-state index in [0.717, 1.165) is 31.6 Å². The highest BCUT2D eigenvalue weighted by Gasteiger charge is 2.28. The van der Waals surface area contributed by atoms with Crippen LogP contribution in [0.5, 0.6) is 5.75 Å². The molecule has 0 unspecified atom stereocenters. The molecule has 140 valence electrons. The van der Waals surface area contributed by atoms with Crippen molar-refractivity contribution in [1.29, 1.82) is 0 Å². The molecule has 1 amide bonds. The smallest absolute Gasteiger partial charge is 0.224 e. The molecule has 3 rings (SSSR count). The van der Waals surface area contributed by atoms with Gasteiger partial charge in [0.1, 0.15) is 12.4 Å². The summed E-state index contributed by atoms with van der Waals surface area (Å²) < 4.78 is 10.3. The monoisotopic (exact) mass is 359 g/mol. The maximum Gasteiger partial charge on any atom is 0.224 e. The molecule has 2 atom stereocenters. The average Bonchev–Trinajstić information content (AvgIpc) is 3.04. The van der Waals surface area contributed by atoms with Gasteiger partial charge in [-0.2, -0.15) is 0 Å². The van der Waals surface area contributed by atoms with E-state index in [1.165, 1.54) is 0 Å². The lowest BCUT2D eigenvalue weighted by Gasteiger charge is -2.31. The van der Waals surface area contributed by atoms with Crippen LogP contribution in [0.25, 0.3) is 0 Å². The lowest BCUT2D eigenvalue weighted by atomic mass is 9.81. The third-order valence-electron chi connectivity index (χ3n) is 4.71. The molecular weight excluding hydrogens is 334 g/mol. The van der Waals surface area contributed by atoms with E-state index in [1.807, 2.05) is 6.07 Å². The third kappa shape index (κ3) is 5.06. The zero-order valence-electron chi connectivity index (χ0n) is 14.9. The number of aromatic hydroxyl groups is 1. The van der Waals surface area contributed by atoms with E-state index in [0.29, 0.717) is 30.4 Å². The van der Waals surface area contributed by atoms with Crippen molar-refractivity contribution >= 4 is 11.6 Å². The molecule has 7 heteroatoms. The molecule has 0 bridgehead atoms. The van der Waals surface area contributed by atoms with Crippen LogP contribution in [0.4, 0.5) is 5.69 Å². The van der Waals surface area contributed by atoms with E-state index in [4.69, 9.17) is 9.26 Å². The molecule has 2 heterocycles. The molecule has 1 aromatic heterocycles. The Morgan fingerprint density at radius 2 is 2.31 bits per heavy atom. The van der Waals surface area contributed by atoms with Gasteiger partial charge in [0.05, 0.1) is 5.69 Å². The van der Waals surface area contributed by atoms with Crippen molar-refractivity contribution in [3.63, 3.8) is 0 Å². The van der Waals surface area contributed by atoms with Crippen molar-refractivity contribution in [2.24, 2.45) is 11.8 Å². The number of amides is 1. The van der Waals surface area contributed by atoms with Crippen molar-refractivity contribution in [2.45, 2.75) is 25.9 Å². The molecule has 1 aromatic carbocycles. The Labute approximate surface area is 152 Å². The number of hydrogen-bond acceptors (Lipinski definition) is 6. The number of anilines is 1. The number of hydrogen-bond donors (Lipinski definition) is 3. The summed E-state index contributed by atoms with van der Waals surface area (Å²) >= 11 is 0. The van der Waals surface area contributed by atoms with Crippen LogP contribution in [0.2, 0.25) is 0 Å². The molecule has 26 heavy (non-hydrogen) atoms. The van der Waals surface area contributed by atoms with Gasteiger partial charge >= 0.3 is 0 Å². The van der Waals surface area contributed by atoms with Crippen molar-refractivity contribution in [3.05, 3.63) is 41.8 Å². The number of rotatable bonds is 7. The van der Waals surface area contributed by atoms with E-state index in [9.17, 15) is 9.90 Å². The molecule has 0 saturated carbocycles. The van der Waals surface area contributed by atoms with Gasteiger partial charge in [-0.3, -0.25) is 4.79 Å². The molecule has 0 aliphatic carbocycles. The topological polar surface area (TPSA) is 96.6 Å². The van der Waals surface area contributed by atoms with E-state index in [1.54, 1.807) is 31.4 Å². The summed E-state index contributed by atoms with van der Waals surface area (Å²) in [5.41, 5.74) is 1.50. The zero-order valence-corrected chi connectivity index (χ0v) is 14.9. The summed E-state index contributed by atoms with van der Waals surface area (Å²) in [5, 5.41) is 19.9. The summed E-state index contributed by atoms with van der Waals surface area (Å²) in [7, 11) is 1.62. The Morgan fingerprint density at radius 1 is 1.42 bits per heavy atom. The first-order valence-electron chi connectivity index (χ1n) is 8.87. The van der Waals surface area contributed by atoms with Crippen LogP contribution in [0.15, 0.2) is 34.9 Å². The number of carbonyl (C=O) groups is 1. The SMILES string of the molecule is COCc1cc(C[C@H]2CNCC[C@H]2CC(=O)Nc2cccc(O)c2)no1. The third-order valence-corrected chi connectivity index (χ3v) is 4.71. The van der Waals surface area contributed by atoms with Crippen LogP contribution >= 0.6 is 0 Å². The molecule has 2 aromatic rings. The standard InChI is InChI=1S/C19H25N3O4/c1-25-12-18-10-16(22-26-18)7-14-11-20-6-5-13(14)8-19(24)21-15-3-2-4-17(23)9-15/h2-4,9-10,13-14,20,23H,5-8,11-12H2,1H3,(H,21,24)/t13-,14-/m0/s1. The van der Waals surface area contributed by atoms with Gasteiger partial charge in [-0.15, -0.1) is 0 Å². The Kier molecular flexibility index (Phi) is 6.25. The number of aromatic nitrogens is 1. The minimum absolute atomic E-state index is 0.0345. The number of piperidine rings is 1. The second-order valence-corrected chi connectivity index (χ2v) is 6.74. The molecular formula is C19H25N3O4. The Morgan fingerprint density at radius 3 is 3.12 bits per heavy atom. The van der Waals surface area contributed by atoms with Crippen LogP contribution in [0.3, 0.4) is 0 Å². The number of phenolic OH excluding ortho intramolecular Hbond substituents is 1. The second kappa shape index (κ2) is 8.82. The quantitative estimate of drug-likeness (QED) is 0.702. The lowest BCUT2D eigenvalue weighted by Crippen LogP contribution is -2.39. The maximum atomic E-state index is 12.4. The molecule has 1 saturated heterocycles. The number of nitrogens with zero attached hydrogens (tertiary/aromatic N) is 1. The average molecular weight is 359 g/mol. The summed E-state index contributed by atoms with van der Waals surface area (Å²) in [6.45, 7) is 2.18. The van der Waals surface area contributed by atoms with Crippen LogP contribution in [0, 0.1) is 11.8 Å². The summed E-state index contributed by atoms with van der Waals surface area (Å²) in [6.07, 6.45) is 2.16. The van der Waals surface area contributed by atoms with E-state index < -0.39 is 0 Å². The highest BCUT2D eigenvalue weighted by molar-refractivity contribution is 5.91. The summed E-state index contributed by atoms with van der Waals surface area (Å²) in [6, 6.07) is 8.52. The largest absolute Gasteiger partial charge is 0.508 e. The van der Waals surface area contributed by atoms with Gasteiger partial charge in [-0.05, 0) is 49.9 Å². The maximum absolute atomic E-state index is 12.4. The molecule has 0 spiro atoms. The van der Waals surface area contributed by atoms with Gasteiger partial charge in [-0.25, -0.2) is 0 Å². The highest BCUT2D eigenvalue weighted by atomic mass is 16.5. The molecule has 7 nitrogen and oxygen atoms in total.